The molecule has 3 nitrogen and oxygen atoms in total. The van der Waals surface area contributed by atoms with E-state index in [2.05, 4.69) is 20.8 Å². The summed E-state index contributed by atoms with van der Waals surface area (Å²) < 4.78 is 0. The zero-order valence-electron chi connectivity index (χ0n) is 10.6. The lowest BCUT2D eigenvalue weighted by atomic mass is 9.86. The summed E-state index contributed by atoms with van der Waals surface area (Å²) in [7, 11) is 0. The quantitative estimate of drug-likeness (QED) is 0.845. The average molecular weight is 236 g/mol. The van der Waals surface area contributed by atoms with Gasteiger partial charge in [-0.05, 0) is 23.0 Å². The average Bonchev–Trinajstić information content (AvgIpc) is 2.25. The van der Waals surface area contributed by atoms with Crippen LogP contribution in [0.15, 0.2) is 24.3 Å². The second-order valence-corrected chi connectivity index (χ2v) is 5.32. The number of hydrogen-bond acceptors (Lipinski definition) is 2. The Kier molecular flexibility index (Phi) is 4.29. The molecule has 0 aromatic heterocycles. The molecule has 0 aliphatic rings. The van der Waals surface area contributed by atoms with Crippen molar-refractivity contribution in [3.63, 3.8) is 0 Å². The van der Waals surface area contributed by atoms with E-state index in [4.69, 9.17) is 5.11 Å². The van der Waals surface area contributed by atoms with E-state index >= 15 is 0 Å². The number of carboxylic acids is 1. The van der Waals surface area contributed by atoms with Crippen LogP contribution in [0, 0.1) is 0 Å². The molecule has 0 spiro atoms. The molecule has 0 fully saturated rings. The molecule has 1 atom stereocenters. The second-order valence-electron chi connectivity index (χ2n) is 5.32. The third-order valence-corrected chi connectivity index (χ3v) is 2.79. The predicted octanol–water partition coefficient (Wildman–Crippen LogP) is 2.88. The van der Waals surface area contributed by atoms with Crippen LogP contribution in [-0.2, 0) is 10.2 Å². The minimum atomic E-state index is -0.879. The molecule has 0 bridgehead atoms. The Bertz CT molecular complexity index is 373. The molecule has 3 heteroatoms. The first-order valence-electron chi connectivity index (χ1n) is 5.81. The van der Waals surface area contributed by atoms with Crippen LogP contribution in [0.2, 0.25) is 0 Å². The summed E-state index contributed by atoms with van der Waals surface area (Å²) in [6, 6.07) is 7.71. The number of aliphatic hydroxyl groups is 1. The fourth-order valence-corrected chi connectivity index (χ4v) is 1.63. The molecule has 0 saturated carbocycles. The zero-order chi connectivity index (χ0) is 13.1. The molecular formula is C14H20O3. The molecule has 0 radical (unpaired) electrons. The van der Waals surface area contributed by atoms with Gasteiger partial charge in [0.2, 0.25) is 0 Å². The van der Waals surface area contributed by atoms with Crippen molar-refractivity contribution in [1.82, 2.24) is 0 Å². The molecule has 1 aromatic rings. The van der Waals surface area contributed by atoms with Gasteiger partial charge in [-0.2, -0.15) is 0 Å². The molecule has 2 N–H and O–H groups in total. The van der Waals surface area contributed by atoms with Gasteiger partial charge in [-0.25, -0.2) is 0 Å². The molecule has 0 aliphatic heterocycles. The number of benzene rings is 1. The first-order chi connectivity index (χ1) is 7.80. The Morgan fingerprint density at radius 2 is 1.76 bits per heavy atom. The highest BCUT2D eigenvalue weighted by Crippen LogP contribution is 2.25. The number of rotatable bonds is 4. The number of aliphatic hydroxyl groups excluding tert-OH is 1. The summed E-state index contributed by atoms with van der Waals surface area (Å²) in [5.41, 5.74) is 2.07. The minimum absolute atomic E-state index is 0.0117. The molecule has 0 unspecified atom stereocenters. The van der Waals surface area contributed by atoms with Crippen LogP contribution < -0.4 is 0 Å². The van der Waals surface area contributed by atoms with Gasteiger partial charge < -0.3 is 10.2 Å². The number of carbonyl (C=O) groups is 1. The highest BCUT2D eigenvalue weighted by molar-refractivity contribution is 5.66. The Morgan fingerprint density at radius 1 is 1.24 bits per heavy atom. The molecule has 1 aromatic carbocycles. The minimum Gasteiger partial charge on any atom is -0.481 e. The van der Waals surface area contributed by atoms with Crippen LogP contribution >= 0.6 is 0 Å². The van der Waals surface area contributed by atoms with Gasteiger partial charge in [0.15, 0.2) is 0 Å². The highest BCUT2D eigenvalue weighted by Gasteiger charge is 2.15. The fourth-order valence-electron chi connectivity index (χ4n) is 1.63. The SMILES string of the molecule is CC(C)(C)c1ccc([C@@H](O)CCC(=O)O)cc1. The Balaban J connectivity index is 2.70. The van der Waals surface area contributed by atoms with E-state index in [0.29, 0.717) is 0 Å². The van der Waals surface area contributed by atoms with Gasteiger partial charge in [-0.3, -0.25) is 4.79 Å². The molecule has 1 rings (SSSR count). The molecule has 0 aliphatic carbocycles. The van der Waals surface area contributed by atoms with Crippen LogP contribution in [-0.4, -0.2) is 16.2 Å². The van der Waals surface area contributed by atoms with Gasteiger partial charge in [0.05, 0.1) is 6.10 Å². The zero-order valence-corrected chi connectivity index (χ0v) is 10.6. The predicted molar refractivity (Wildman–Crippen MR) is 67.0 cm³/mol. The molecule has 0 saturated heterocycles. The van der Waals surface area contributed by atoms with Gasteiger partial charge in [-0.1, -0.05) is 45.0 Å². The molecule has 17 heavy (non-hydrogen) atoms. The summed E-state index contributed by atoms with van der Waals surface area (Å²) >= 11 is 0. The monoisotopic (exact) mass is 236 g/mol. The van der Waals surface area contributed by atoms with Gasteiger partial charge in [-0.15, -0.1) is 0 Å². The lowest BCUT2D eigenvalue weighted by Gasteiger charge is -2.20. The topological polar surface area (TPSA) is 57.5 Å². The van der Waals surface area contributed by atoms with Crippen molar-refractivity contribution in [3.8, 4) is 0 Å². The van der Waals surface area contributed by atoms with E-state index in [1.807, 2.05) is 24.3 Å². The molecule has 0 amide bonds. The van der Waals surface area contributed by atoms with Gasteiger partial charge in [0.25, 0.3) is 0 Å². The summed E-state index contributed by atoms with van der Waals surface area (Å²) in [6.07, 6.45) is -0.452. The third-order valence-electron chi connectivity index (χ3n) is 2.79. The smallest absolute Gasteiger partial charge is 0.303 e. The van der Waals surface area contributed by atoms with E-state index in [1.165, 1.54) is 5.56 Å². The van der Waals surface area contributed by atoms with Crippen LogP contribution in [0.3, 0.4) is 0 Å². The van der Waals surface area contributed by atoms with E-state index in [-0.39, 0.29) is 18.3 Å². The lowest BCUT2D eigenvalue weighted by molar-refractivity contribution is -0.137. The van der Waals surface area contributed by atoms with Crippen LogP contribution in [0.1, 0.15) is 50.8 Å². The summed E-state index contributed by atoms with van der Waals surface area (Å²) in [4.78, 5) is 10.4. The van der Waals surface area contributed by atoms with Crippen LogP contribution in [0.5, 0.6) is 0 Å². The van der Waals surface area contributed by atoms with E-state index < -0.39 is 12.1 Å². The number of carboxylic acid groups (broad SMARTS) is 1. The molecule has 94 valence electrons. The van der Waals surface area contributed by atoms with Crippen molar-refractivity contribution >= 4 is 5.97 Å². The van der Waals surface area contributed by atoms with Gasteiger partial charge in [0.1, 0.15) is 0 Å². The molecule has 0 heterocycles. The van der Waals surface area contributed by atoms with Crippen molar-refractivity contribution in [2.75, 3.05) is 0 Å². The summed E-state index contributed by atoms with van der Waals surface area (Å²) in [6.45, 7) is 6.38. The van der Waals surface area contributed by atoms with Crippen LogP contribution in [0.4, 0.5) is 0 Å². The maximum atomic E-state index is 10.4. The first kappa shape index (κ1) is 13.7. The van der Waals surface area contributed by atoms with Crippen molar-refractivity contribution < 1.29 is 15.0 Å². The van der Waals surface area contributed by atoms with Gasteiger partial charge >= 0.3 is 5.97 Å². The largest absolute Gasteiger partial charge is 0.481 e. The number of aliphatic carboxylic acids is 1. The summed E-state index contributed by atoms with van der Waals surface area (Å²) in [5, 5.41) is 18.3. The van der Waals surface area contributed by atoms with Gasteiger partial charge in [0, 0.05) is 6.42 Å². The third kappa shape index (κ3) is 4.19. The van der Waals surface area contributed by atoms with E-state index in [9.17, 15) is 9.90 Å². The maximum Gasteiger partial charge on any atom is 0.303 e. The standard InChI is InChI=1S/C14H20O3/c1-14(2,3)11-6-4-10(5-7-11)12(15)8-9-13(16)17/h4-7,12,15H,8-9H2,1-3H3,(H,16,17)/t12-/m0/s1. The first-order valence-corrected chi connectivity index (χ1v) is 5.81. The van der Waals surface area contributed by atoms with E-state index in [1.54, 1.807) is 0 Å². The second kappa shape index (κ2) is 5.32. The Morgan fingerprint density at radius 3 is 2.18 bits per heavy atom. The van der Waals surface area contributed by atoms with Crippen molar-refractivity contribution in [3.05, 3.63) is 35.4 Å². The highest BCUT2D eigenvalue weighted by atomic mass is 16.4. The summed E-state index contributed by atoms with van der Waals surface area (Å²) in [5.74, 6) is -0.879. The maximum absolute atomic E-state index is 10.4. The lowest BCUT2D eigenvalue weighted by Crippen LogP contribution is -2.11. The van der Waals surface area contributed by atoms with E-state index in [0.717, 1.165) is 5.56 Å². The van der Waals surface area contributed by atoms with Crippen molar-refractivity contribution in [2.24, 2.45) is 0 Å². The Labute approximate surface area is 102 Å². The van der Waals surface area contributed by atoms with Crippen molar-refractivity contribution in [1.29, 1.82) is 0 Å². The Hall–Kier alpha value is -1.35. The van der Waals surface area contributed by atoms with Crippen molar-refractivity contribution in [2.45, 2.75) is 45.1 Å². The number of hydrogen-bond donors (Lipinski definition) is 2. The molecular weight excluding hydrogens is 216 g/mol. The van der Waals surface area contributed by atoms with Crippen LogP contribution in [0.25, 0.3) is 0 Å². The normalized spacial score (nSPS) is 13.4. The fraction of sp³-hybridized carbons (Fsp3) is 0.500.